The molecule has 3 atom stereocenters. The van der Waals surface area contributed by atoms with Gasteiger partial charge in [-0.25, -0.2) is 4.79 Å². The molecule has 2 aromatic rings. The Kier molecular flexibility index (Phi) is 3.33. The third-order valence-corrected chi connectivity index (χ3v) is 6.41. The summed E-state index contributed by atoms with van der Waals surface area (Å²) >= 11 is 1.67. The maximum Gasteiger partial charge on any atom is 0.321 e. The molecule has 2 bridgehead atoms. The third-order valence-electron chi connectivity index (χ3n) is 5.55. The number of rotatable bonds is 2. The van der Waals surface area contributed by atoms with Gasteiger partial charge >= 0.3 is 6.03 Å². The third kappa shape index (κ3) is 2.20. The van der Waals surface area contributed by atoms with Crippen LogP contribution >= 0.6 is 11.3 Å². The molecule has 0 aliphatic carbocycles. The molecule has 2 saturated heterocycles. The molecule has 1 N–H and O–H groups in total. The molecule has 3 unspecified atom stereocenters. The van der Waals surface area contributed by atoms with Gasteiger partial charge in [0, 0.05) is 16.9 Å². The number of nitrogens with one attached hydrogen (secondary N) is 1. The zero-order valence-corrected chi connectivity index (χ0v) is 14.8. The predicted molar refractivity (Wildman–Crippen MR) is 94.6 cm³/mol. The number of fused-ring (bicyclic) bond motifs is 2. The fourth-order valence-corrected chi connectivity index (χ4v) is 5.05. The van der Waals surface area contributed by atoms with Crippen LogP contribution in [0.25, 0.3) is 0 Å². The number of benzene rings is 1. The van der Waals surface area contributed by atoms with Crippen molar-refractivity contribution in [1.82, 2.24) is 10.2 Å². The van der Waals surface area contributed by atoms with E-state index in [0.29, 0.717) is 26.2 Å². The standard InChI is InChI=1S/C19H20N2O3S/c1-12-4-5-16-14(9-12)17-15-11-23-7-6-19(15,24-16)21(18(22)20-17)10-13-3-2-8-25-13/h2-5,8-9,15,17H,6-7,10-11H2,1H3,(H,20,22). The lowest BCUT2D eigenvalue weighted by Crippen LogP contribution is -2.72. The van der Waals surface area contributed by atoms with Gasteiger partial charge in [-0.05, 0) is 24.4 Å². The Bertz CT molecular complexity index is 822. The molecular formula is C19H20N2O3S. The van der Waals surface area contributed by atoms with E-state index >= 15 is 0 Å². The summed E-state index contributed by atoms with van der Waals surface area (Å²) in [5.74, 6) is 0.971. The van der Waals surface area contributed by atoms with Crippen LogP contribution in [0.2, 0.25) is 0 Å². The lowest BCUT2D eigenvalue weighted by Gasteiger charge is -2.58. The summed E-state index contributed by atoms with van der Waals surface area (Å²) in [4.78, 5) is 16.0. The van der Waals surface area contributed by atoms with E-state index < -0.39 is 5.72 Å². The largest absolute Gasteiger partial charge is 0.467 e. The smallest absolute Gasteiger partial charge is 0.321 e. The van der Waals surface area contributed by atoms with Crippen molar-refractivity contribution in [2.45, 2.75) is 31.7 Å². The molecule has 2 fully saturated rings. The van der Waals surface area contributed by atoms with E-state index in [0.717, 1.165) is 16.2 Å². The maximum absolute atomic E-state index is 13.0. The number of hydrogen-bond donors (Lipinski definition) is 1. The van der Waals surface area contributed by atoms with E-state index in [-0.39, 0.29) is 18.0 Å². The van der Waals surface area contributed by atoms with Crippen LogP contribution in [0.4, 0.5) is 4.79 Å². The second kappa shape index (κ2) is 5.47. The van der Waals surface area contributed by atoms with Crippen LogP contribution in [0.3, 0.4) is 0 Å². The van der Waals surface area contributed by atoms with Gasteiger partial charge in [-0.2, -0.15) is 0 Å². The lowest BCUT2D eigenvalue weighted by atomic mass is 9.76. The van der Waals surface area contributed by atoms with E-state index in [9.17, 15) is 4.79 Å². The summed E-state index contributed by atoms with van der Waals surface area (Å²) in [6, 6.07) is 10.2. The van der Waals surface area contributed by atoms with Crippen LogP contribution < -0.4 is 10.1 Å². The summed E-state index contributed by atoms with van der Waals surface area (Å²) in [7, 11) is 0. The zero-order chi connectivity index (χ0) is 17.0. The highest BCUT2D eigenvalue weighted by atomic mass is 32.1. The van der Waals surface area contributed by atoms with Gasteiger partial charge < -0.3 is 14.8 Å². The number of nitrogens with zero attached hydrogens (tertiary/aromatic N) is 1. The summed E-state index contributed by atoms with van der Waals surface area (Å²) in [6.45, 7) is 3.83. The first-order valence-electron chi connectivity index (χ1n) is 8.65. The minimum absolute atomic E-state index is 0.0521. The molecule has 3 aliphatic rings. The highest BCUT2D eigenvalue weighted by Gasteiger charge is 2.60. The number of thiophene rings is 1. The second-order valence-corrected chi connectivity index (χ2v) is 8.04. The fraction of sp³-hybridized carbons (Fsp3) is 0.421. The van der Waals surface area contributed by atoms with Crippen molar-refractivity contribution in [2.24, 2.45) is 5.92 Å². The Labute approximate surface area is 150 Å². The zero-order valence-electron chi connectivity index (χ0n) is 14.0. The topological polar surface area (TPSA) is 50.8 Å². The van der Waals surface area contributed by atoms with Gasteiger partial charge in [0.25, 0.3) is 0 Å². The Morgan fingerprint density at radius 1 is 1.40 bits per heavy atom. The first-order chi connectivity index (χ1) is 12.2. The summed E-state index contributed by atoms with van der Waals surface area (Å²) in [6.07, 6.45) is 0.695. The van der Waals surface area contributed by atoms with Crippen LogP contribution in [-0.4, -0.2) is 29.9 Å². The number of urea groups is 1. The van der Waals surface area contributed by atoms with Gasteiger partial charge in [0.15, 0.2) is 5.72 Å². The van der Waals surface area contributed by atoms with E-state index in [1.54, 1.807) is 11.3 Å². The number of carbonyl (C=O) groups is 1. The Morgan fingerprint density at radius 3 is 3.16 bits per heavy atom. The van der Waals surface area contributed by atoms with E-state index in [2.05, 4.69) is 30.4 Å². The lowest BCUT2D eigenvalue weighted by molar-refractivity contribution is -0.200. The van der Waals surface area contributed by atoms with Crippen molar-refractivity contribution < 1.29 is 14.3 Å². The molecule has 25 heavy (non-hydrogen) atoms. The summed E-state index contributed by atoms with van der Waals surface area (Å²) in [5.41, 5.74) is 1.61. The molecule has 0 spiro atoms. The molecule has 5 nitrogen and oxygen atoms in total. The van der Waals surface area contributed by atoms with Gasteiger partial charge in [-0.3, -0.25) is 4.90 Å². The minimum Gasteiger partial charge on any atom is -0.467 e. The van der Waals surface area contributed by atoms with Crippen LogP contribution in [0.5, 0.6) is 5.75 Å². The van der Waals surface area contributed by atoms with Crippen LogP contribution in [0.1, 0.15) is 28.5 Å². The van der Waals surface area contributed by atoms with E-state index in [1.807, 2.05) is 22.4 Å². The average Bonchev–Trinajstić information content (AvgIpc) is 3.12. The second-order valence-electron chi connectivity index (χ2n) is 7.01. The van der Waals surface area contributed by atoms with Crippen LogP contribution in [-0.2, 0) is 11.3 Å². The molecule has 0 saturated carbocycles. The Balaban J connectivity index is 1.62. The van der Waals surface area contributed by atoms with Crippen molar-refractivity contribution >= 4 is 17.4 Å². The van der Waals surface area contributed by atoms with E-state index in [4.69, 9.17) is 9.47 Å². The van der Waals surface area contributed by atoms with Gasteiger partial charge in [0.05, 0.1) is 31.7 Å². The van der Waals surface area contributed by atoms with Gasteiger partial charge in [-0.15, -0.1) is 11.3 Å². The molecule has 6 heteroatoms. The molecule has 4 heterocycles. The van der Waals surface area contributed by atoms with Crippen molar-refractivity contribution in [3.8, 4) is 5.75 Å². The van der Waals surface area contributed by atoms with Crippen LogP contribution in [0.15, 0.2) is 35.7 Å². The Hall–Kier alpha value is -2.05. The SMILES string of the molecule is Cc1ccc2c(c1)C1NC(=O)N(Cc3cccs3)C3(CCOCC13)O2. The van der Waals surface area contributed by atoms with Crippen molar-refractivity contribution in [3.63, 3.8) is 0 Å². The highest BCUT2D eigenvalue weighted by molar-refractivity contribution is 7.09. The Morgan fingerprint density at radius 2 is 2.32 bits per heavy atom. The quantitative estimate of drug-likeness (QED) is 0.897. The first kappa shape index (κ1) is 15.2. The van der Waals surface area contributed by atoms with Crippen LogP contribution in [0, 0.1) is 12.8 Å². The van der Waals surface area contributed by atoms with Crippen molar-refractivity contribution in [2.75, 3.05) is 13.2 Å². The monoisotopic (exact) mass is 356 g/mol. The van der Waals surface area contributed by atoms with E-state index in [1.165, 1.54) is 5.56 Å². The number of hydrogen-bond acceptors (Lipinski definition) is 4. The molecule has 1 aromatic heterocycles. The van der Waals surface area contributed by atoms with Crippen molar-refractivity contribution in [3.05, 3.63) is 51.7 Å². The highest BCUT2D eigenvalue weighted by Crippen LogP contribution is 2.51. The molecular weight excluding hydrogens is 336 g/mol. The number of aryl methyl sites for hydroxylation is 1. The molecule has 2 amide bonds. The number of amides is 2. The molecule has 130 valence electrons. The minimum atomic E-state index is -0.627. The first-order valence-corrected chi connectivity index (χ1v) is 9.53. The number of ether oxygens (including phenoxy) is 2. The molecule has 5 rings (SSSR count). The maximum atomic E-state index is 13.0. The van der Waals surface area contributed by atoms with Gasteiger partial charge in [-0.1, -0.05) is 23.8 Å². The van der Waals surface area contributed by atoms with Gasteiger partial charge in [0.2, 0.25) is 0 Å². The van der Waals surface area contributed by atoms with Crippen molar-refractivity contribution in [1.29, 1.82) is 0 Å². The molecule has 3 aliphatic heterocycles. The predicted octanol–water partition coefficient (Wildman–Crippen LogP) is 3.45. The molecule has 1 aromatic carbocycles. The summed E-state index contributed by atoms with van der Waals surface area (Å²) < 4.78 is 12.3. The van der Waals surface area contributed by atoms with Gasteiger partial charge in [0.1, 0.15) is 5.75 Å². The number of carbonyl (C=O) groups excluding carboxylic acids is 1. The fourth-order valence-electron chi connectivity index (χ4n) is 4.35. The average molecular weight is 356 g/mol. The molecule has 0 radical (unpaired) electrons. The normalized spacial score (nSPS) is 30.1. The summed E-state index contributed by atoms with van der Waals surface area (Å²) in [5, 5.41) is 5.26.